The Balaban J connectivity index is 1.44. The van der Waals surface area contributed by atoms with Gasteiger partial charge in [0.15, 0.2) is 5.11 Å². The average Bonchev–Trinajstić information content (AvgIpc) is 3.07. The van der Waals surface area contributed by atoms with Crippen LogP contribution in [0.25, 0.3) is 16.0 Å². The van der Waals surface area contributed by atoms with Crippen LogP contribution in [0.2, 0.25) is 5.02 Å². The van der Waals surface area contributed by atoms with Crippen molar-refractivity contribution in [1.82, 2.24) is 9.88 Å². The molecule has 9 heteroatoms. The number of hydrogen-bond donors (Lipinski definition) is 0. The maximum atomic E-state index is 13.4. The standard InChI is InChI=1S/C28H24ClN5O2S/c1-18-24(9-8-23(31-4)25(18)29)34-26(35)28(2,3)33(27(34)37)14-5-15-36-21-6-7-22(20(16-21)17-30)19-10-12-32-13-11-19/h6-13,16H,5,14-15H2,1-3H3. The van der Waals surface area contributed by atoms with Crippen LogP contribution in [-0.2, 0) is 4.79 Å². The van der Waals surface area contributed by atoms with Crippen molar-refractivity contribution in [3.8, 4) is 22.9 Å². The molecular formula is C28H24ClN5O2S. The van der Waals surface area contributed by atoms with Gasteiger partial charge in [-0.2, -0.15) is 5.26 Å². The fourth-order valence-electron chi connectivity index (χ4n) is 4.31. The van der Waals surface area contributed by atoms with Gasteiger partial charge in [-0.3, -0.25) is 14.7 Å². The van der Waals surface area contributed by atoms with Gasteiger partial charge >= 0.3 is 0 Å². The third kappa shape index (κ3) is 4.86. The third-order valence-corrected chi connectivity index (χ3v) is 7.30. The average molecular weight is 530 g/mol. The molecule has 0 radical (unpaired) electrons. The second-order valence-electron chi connectivity index (χ2n) is 9.05. The number of halogens is 1. The third-order valence-electron chi connectivity index (χ3n) is 6.42. The minimum Gasteiger partial charge on any atom is -0.493 e. The second kappa shape index (κ2) is 10.6. The summed E-state index contributed by atoms with van der Waals surface area (Å²) < 4.78 is 5.92. The molecule has 7 nitrogen and oxygen atoms in total. The number of thiocarbonyl (C=S) groups is 1. The number of carbonyl (C=O) groups is 1. The predicted octanol–water partition coefficient (Wildman–Crippen LogP) is 6.31. The van der Waals surface area contributed by atoms with E-state index in [0.717, 1.165) is 11.1 Å². The minimum absolute atomic E-state index is 0.154. The predicted molar refractivity (Wildman–Crippen MR) is 148 cm³/mol. The van der Waals surface area contributed by atoms with Crippen LogP contribution in [0, 0.1) is 24.8 Å². The number of anilines is 1. The first-order chi connectivity index (χ1) is 17.7. The van der Waals surface area contributed by atoms with Gasteiger partial charge in [0.05, 0.1) is 35.5 Å². The van der Waals surface area contributed by atoms with E-state index in [1.54, 1.807) is 37.5 Å². The lowest BCUT2D eigenvalue weighted by molar-refractivity contribution is -0.123. The first-order valence-electron chi connectivity index (χ1n) is 11.6. The normalized spacial score (nSPS) is 14.4. The van der Waals surface area contributed by atoms with Crippen LogP contribution in [0.5, 0.6) is 5.75 Å². The fourth-order valence-corrected chi connectivity index (χ4v) is 5.02. The molecule has 1 aromatic heterocycles. The van der Waals surface area contributed by atoms with Gasteiger partial charge in [0.2, 0.25) is 5.69 Å². The molecule has 0 spiro atoms. The van der Waals surface area contributed by atoms with Gasteiger partial charge in [-0.1, -0.05) is 17.7 Å². The number of rotatable bonds is 7. The molecule has 4 rings (SSSR count). The van der Waals surface area contributed by atoms with E-state index in [1.807, 2.05) is 43.0 Å². The van der Waals surface area contributed by atoms with E-state index in [-0.39, 0.29) is 5.91 Å². The summed E-state index contributed by atoms with van der Waals surface area (Å²) in [7, 11) is 0. The quantitative estimate of drug-likeness (QED) is 0.203. The molecule has 186 valence electrons. The van der Waals surface area contributed by atoms with E-state index in [4.69, 9.17) is 35.1 Å². The molecule has 37 heavy (non-hydrogen) atoms. The Labute approximate surface area is 226 Å². The fraction of sp³-hybridized carbons (Fsp3) is 0.250. The SMILES string of the molecule is [C-]#[N+]c1ccc(N2C(=O)C(C)(C)N(CCCOc3ccc(-c4ccncc4)c(C#N)c3)C2=S)c(C)c1Cl. The van der Waals surface area contributed by atoms with E-state index < -0.39 is 5.54 Å². The largest absolute Gasteiger partial charge is 0.493 e. The number of aromatic nitrogens is 1. The molecule has 1 aliphatic heterocycles. The lowest BCUT2D eigenvalue weighted by Crippen LogP contribution is -2.44. The Hall–Kier alpha value is -3.98. The van der Waals surface area contributed by atoms with Crippen LogP contribution < -0.4 is 9.64 Å². The van der Waals surface area contributed by atoms with Crippen molar-refractivity contribution in [2.45, 2.75) is 32.7 Å². The van der Waals surface area contributed by atoms with Crippen LogP contribution in [0.15, 0.2) is 54.9 Å². The molecule has 0 saturated carbocycles. The van der Waals surface area contributed by atoms with Crippen LogP contribution in [0.1, 0.15) is 31.4 Å². The number of amides is 1. The number of nitriles is 1. The van der Waals surface area contributed by atoms with E-state index in [2.05, 4.69) is 15.9 Å². The molecule has 1 amide bonds. The number of benzene rings is 2. The van der Waals surface area contributed by atoms with Gasteiger partial charge in [-0.25, -0.2) is 4.85 Å². The summed E-state index contributed by atoms with van der Waals surface area (Å²) in [5.41, 5.74) is 2.95. The number of carbonyl (C=O) groups excluding carboxylic acids is 1. The summed E-state index contributed by atoms with van der Waals surface area (Å²) in [6.07, 6.45) is 3.99. The van der Waals surface area contributed by atoms with Gasteiger partial charge in [0.1, 0.15) is 11.3 Å². The first kappa shape index (κ1) is 26.1. The van der Waals surface area contributed by atoms with Crippen LogP contribution in [0.3, 0.4) is 0 Å². The van der Waals surface area contributed by atoms with Crippen molar-refractivity contribution >= 4 is 46.2 Å². The van der Waals surface area contributed by atoms with Gasteiger partial charge < -0.3 is 9.64 Å². The second-order valence-corrected chi connectivity index (χ2v) is 9.79. The molecular weight excluding hydrogens is 506 g/mol. The van der Waals surface area contributed by atoms with Crippen molar-refractivity contribution in [1.29, 1.82) is 5.26 Å². The molecule has 0 unspecified atom stereocenters. The highest BCUT2D eigenvalue weighted by Crippen LogP contribution is 2.39. The van der Waals surface area contributed by atoms with Crippen LogP contribution >= 0.6 is 23.8 Å². The van der Waals surface area contributed by atoms with Gasteiger partial charge in [-0.15, -0.1) is 0 Å². The summed E-state index contributed by atoms with van der Waals surface area (Å²) in [4.78, 5) is 24.2. The molecule has 1 fully saturated rings. The highest BCUT2D eigenvalue weighted by atomic mass is 35.5. The van der Waals surface area contributed by atoms with Gasteiger partial charge in [-0.05, 0) is 92.5 Å². The number of ether oxygens (including phenoxy) is 1. The zero-order chi connectivity index (χ0) is 26.7. The highest BCUT2D eigenvalue weighted by Gasteiger charge is 2.49. The van der Waals surface area contributed by atoms with E-state index in [0.29, 0.717) is 58.0 Å². The van der Waals surface area contributed by atoms with Crippen molar-refractivity contribution in [3.05, 3.63) is 82.4 Å². The van der Waals surface area contributed by atoms with E-state index >= 15 is 0 Å². The Bertz CT molecular complexity index is 1460. The van der Waals surface area contributed by atoms with Crippen LogP contribution in [0.4, 0.5) is 11.4 Å². The number of nitrogens with zero attached hydrogens (tertiary/aromatic N) is 5. The van der Waals surface area contributed by atoms with Gasteiger partial charge in [0.25, 0.3) is 5.91 Å². The monoisotopic (exact) mass is 529 g/mol. The molecule has 0 N–H and O–H groups in total. The minimum atomic E-state index is -0.853. The summed E-state index contributed by atoms with van der Waals surface area (Å²) in [5.74, 6) is 0.444. The molecule has 2 aromatic carbocycles. The smallest absolute Gasteiger partial charge is 0.258 e. The van der Waals surface area contributed by atoms with Crippen molar-refractivity contribution in [3.63, 3.8) is 0 Å². The van der Waals surface area contributed by atoms with Crippen LogP contribution in [-0.4, -0.2) is 39.6 Å². The van der Waals surface area contributed by atoms with E-state index in [9.17, 15) is 10.1 Å². The topological polar surface area (TPSA) is 73.8 Å². The van der Waals surface area contributed by atoms with Gasteiger partial charge in [0, 0.05) is 18.9 Å². The molecule has 2 heterocycles. The summed E-state index contributed by atoms with van der Waals surface area (Å²) in [5, 5.41) is 10.3. The zero-order valence-electron chi connectivity index (χ0n) is 20.7. The Morgan fingerprint density at radius 2 is 1.95 bits per heavy atom. The molecule has 1 saturated heterocycles. The summed E-state index contributed by atoms with van der Waals surface area (Å²) in [6.45, 7) is 13.6. The molecule has 3 aromatic rings. The summed E-state index contributed by atoms with van der Waals surface area (Å²) in [6, 6.07) is 14.7. The maximum Gasteiger partial charge on any atom is 0.258 e. The van der Waals surface area contributed by atoms with Crippen molar-refractivity contribution < 1.29 is 9.53 Å². The number of hydrogen-bond acceptors (Lipinski definition) is 5. The van der Waals surface area contributed by atoms with Crippen molar-refractivity contribution in [2.24, 2.45) is 0 Å². The van der Waals surface area contributed by atoms with Crippen molar-refractivity contribution in [2.75, 3.05) is 18.1 Å². The zero-order valence-corrected chi connectivity index (χ0v) is 22.2. The highest BCUT2D eigenvalue weighted by molar-refractivity contribution is 7.80. The number of pyridine rings is 1. The first-order valence-corrected chi connectivity index (χ1v) is 12.4. The molecule has 0 bridgehead atoms. The van der Waals surface area contributed by atoms with E-state index in [1.165, 1.54) is 4.90 Å². The Morgan fingerprint density at radius 3 is 2.62 bits per heavy atom. The summed E-state index contributed by atoms with van der Waals surface area (Å²) >= 11 is 12.1. The lowest BCUT2D eigenvalue weighted by atomic mass is 10.0. The molecule has 1 aliphatic rings. The Kier molecular flexibility index (Phi) is 7.45. The maximum absolute atomic E-state index is 13.4. The molecule has 0 aliphatic carbocycles. The lowest BCUT2D eigenvalue weighted by Gasteiger charge is -2.29. The Morgan fingerprint density at radius 1 is 1.22 bits per heavy atom. The molecule has 0 atom stereocenters.